The first-order chi connectivity index (χ1) is 13.2. The Morgan fingerprint density at radius 3 is 2.89 bits per heavy atom. The lowest BCUT2D eigenvalue weighted by Crippen LogP contribution is -2.30. The zero-order valence-corrected chi connectivity index (χ0v) is 16.3. The van der Waals surface area contributed by atoms with Crippen molar-refractivity contribution in [2.45, 2.75) is 25.8 Å². The fraction of sp³-hybridized carbons (Fsp3) is 0.250. The Hall–Kier alpha value is -2.51. The van der Waals surface area contributed by atoms with Crippen LogP contribution in [0.3, 0.4) is 0 Å². The molecule has 0 unspecified atom stereocenters. The van der Waals surface area contributed by atoms with E-state index in [1.807, 2.05) is 41.5 Å². The molecule has 1 amide bonds. The van der Waals surface area contributed by atoms with Gasteiger partial charge in [0.15, 0.2) is 0 Å². The Balaban J connectivity index is 1.63. The number of amides is 1. The van der Waals surface area contributed by atoms with Crippen LogP contribution in [0.4, 0.5) is 0 Å². The largest absolute Gasteiger partial charge is 0.335 e. The zero-order chi connectivity index (χ0) is 18.4. The standard InChI is InChI=1S/C20H17N3O2S2/c1-12-18-13(11-14(16-6-3-9-26-16)21-19(18)25-22-12)20(24)23-8-2-5-15(23)17-7-4-10-27-17/h3-4,6-7,9-11,15H,2,5,8H2,1H3/t15-/m1/s1. The van der Waals surface area contributed by atoms with E-state index in [2.05, 4.69) is 21.6 Å². The van der Waals surface area contributed by atoms with Crippen LogP contribution in [0.15, 0.2) is 45.6 Å². The van der Waals surface area contributed by atoms with Crippen molar-refractivity contribution in [2.75, 3.05) is 6.54 Å². The summed E-state index contributed by atoms with van der Waals surface area (Å²) in [6, 6.07) is 10.2. The third-order valence-electron chi connectivity index (χ3n) is 5.01. The highest BCUT2D eigenvalue weighted by atomic mass is 32.1. The number of thiophene rings is 2. The second-order valence-electron chi connectivity index (χ2n) is 6.65. The molecular formula is C20H17N3O2S2. The molecule has 1 aliphatic heterocycles. The molecule has 0 aromatic carbocycles. The SMILES string of the molecule is Cc1noc2nc(-c3cccs3)cc(C(=O)N3CCC[C@@H]3c3cccs3)c12. The first-order valence-electron chi connectivity index (χ1n) is 8.87. The summed E-state index contributed by atoms with van der Waals surface area (Å²) in [5.41, 5.74) is 2.51. The van der Waals surface area contributed by atoms with Gasteiger partial charge in [0.2, 0.25) is 0 Å². The number of hydrogen-bond acceptors (Lipinski definition) is 6. The van der Waals surface area contributed by atoms with E-state index in [0.717, 1.165) is 35.3 Å². The van der Waals surface area contributed by atoms with Crippen LogP contribution < -0.4 is 0 Å². The van der Waals surface area contributed by atoms with Gasteiger partial charge in [0.25, 0.3) is 11.6 Å². The summed E-state index contributed by atoms with van der Waals surface area (Å²) in [6.07, 6.45) is 2.02. The molecule has 0 aliphatic carbocycles. The molecule has 7 heteroatoms. The highest BCUT2D eigenvalue weighted by molar-refractivity contribution is 7.13. The van der Waals surface area contributed by atoms with Crippen molar-refractivity contribution in [1.82, 2.24) is 15.0 Å². The molecule has 1 atom stereocenters. The minimum absolute atomic E-state index is 0.0300. The molecule has 4 aromatic rings. The van der Waals surface area contributed by atoms with Crippen LogP contribution in [0.1, 0.15) is 39.8 Å². The van der Waals surface area contributed by atoms with E-state index in [0.29, 0.717) is 17.0 Å². The monoisotopic (exact) mass is 395 g/mol. The molecule has 0 bridgehead atoms. The van der Waals surface area contributed by atoms with Gasteiger partial charge in [-0.25, -0.2) is 4.98 Å². The maximum atomic E-state index is 13.6. The van der Waals surface area contributed by atoms with E-state index in [-0.39, 0.29) is 11.9 Å². The van der Waals surface area contributed by atoms with Crippen molar-refractivity contribution in [3.63, 3.8) is 0 Å². The molecule has 1 aliphatic rings. The van der Waals surface area contributed by atoms with Gasteiger partial charge in [0, 0.05) is 11.4 Å². The average molecular weight is 396 g/mol. The van der Waals surface area contributed by atoms with Gasteiger partial charge in [-0.15, -0.1) is 22.7 Å². The predicted molar refractivity (Wildman–Crippen MR) is 107 cm³/mol. The first kappa shape index (κ1) is 16.6. The number of carbonyl (C=O) groups is 1. The van der Waals surface area contributed by atoms with Gasteiger partial charge in [0.1, 0.15) is 0 Å². The maximum absolute atomic E-state index is 13.6. The fourth-order valence-electron chi connectivity index (χ4n) is 3.76. The molecule has 1 saturated heterocycles. The Bertz CT molecular complexity index is 1100. The van der Waals surface area contributed by atoms with Crippen molar-refractivity contribution in [3.05, 3.63) is 57.2 Å². The summed E-state index contributed by atoms with van der Waals surface area (Å²) in [4.78, 5) is 22.4. The number of rotatable bonds is 3. The minimum atomic E-state index is 0.0300. The zero-order valence-electron chi connectivity index (χ0n) is 14.7. The van der Waals surface area contributed by atoms with Crippen molar-refractivity contribution in [2.24, 2.45) is 0 Å². The minimum Gasteiger partial charge on any atom is -0.335 e. The molecule has 4 aromatic heterocycles. The van der Waals surface area contributed by atoms with Crippen molar-refractivity contribution < 1.29 is 9.32 Å². The number of aromatic nitrogens is 2. The number of aryl methyl sites for hydroxylation is 1. The van der Waals surface area contributed by atoms with Crippen LogP contribution in [0.25, 0.3) is 21.7 Å². The molecule has 136 valence electrons. The van der Waals surface area contributed by atoms with Crippen LogP contribution in [0, 0.1) is 6.92 Å². The van der Waals surface area contributed by atoms with Gasteiger partial charge in [0.05, 0.1) is 33.3 Å². The molecule has 0 saturated carbocycles. The quantitative estimate of drug-likeness (QED) is 0.472. The molecule has 27 heavy (non-hydrogen) atoms. The van der Waals surface area contributed by atoms with Gasteiger partial charge in [-0.1, -0.05) is 17.3 Å². The lowest BCUT2D eigenvalue weighted by molar-refractivity contribution is 0.0739. The second-order valence-corrected chi connectivity index (χ2v) is 8.58. The molecule has 0 N–H and O–H groups in total. The van der Waals surface area contributed by atoms with Crippen molar-refractivity contribution in [3.8, 4) is 10.6 Å². The number of pyridine rings is 1. The van der Waals surface area contributed by atoms with Gasteiger partial charge in [-0.3, -0.25) is 4.79 Å². The smallest absolute Gasteiger partial charge is 0.259 e. The van der Waals surface area contributed by atoms with E-state index >= 15 is 0 Å². The van der Waals surface area contributed by atoms with Crippen LogP contribution >= 0.6 is 22.7 Å². The predicted octanol–water partition coefficient (Wildman–Crippen LogP) is 5.30. The third kappa shape index (κ3) is 2.78. The van der Waals surface area contributed by atoms with E-state index < -0.39 is 0 Å². The third-order valence-corrected chi connectivity index (χ3v) is 6.87. The van der Waals surface area contributed by atoms with Crippen molar-refractivity contribution in [1.29, 1.82) is 0 Å². The molecular weight excluding hydrogens is 378 g/mol. The number of likely N-dealkylation sites (tertiary alicyclic amines) is 1. The van der Waals surface area contributed by atoms with Crippen LogP contribution in [0.5, 0.6) is 0 Å². The summed E-state index contributed by atoms with van der Waals surface area (Å²) in [5, 5.41) is 8.84. The fourth-order valence-corrected chi connectivity index (χ4v) is 5.31. The molecule has 5 heterocycles. The molecule has 1 fully saturated rings. The lowest BCUT2D eigenvalue weighted by Gasteiger charge is -2.24. The summed E-state index contributed by atoms with van der Waals surface area (Å²) >= 11 is 3.31. The summed E-state index contributed by atoms with van der Waals surface area (Å²) in [7, 11) is 0. The Labute approximate surface area is 164 Å². The average Bonchev–Trinajstić information content (AvgIpc) is 3.47. The van der Waals surface area contributed by atoms with E-state index in [1.54, 1.807) is 22.7 Å². The van der Waals surface area contributed by atoms with Gasteiger partial charge < -0.3 is 9.42 Å². The first-order valence-corrected chi connectivity index (χ1v) is 10.6. The number of fused-ring (bicyclic) bond motifs is 1. The topological polar surface area (TPSA) is 59.2 Å². The van der Waals surface area contributed by atoms with E-state index in [4.69, 9.17) is 4.52 Å². The number of hydrogen-bond donors (Lipinski definition) is 0. The van der Waals surface area contributed by atoms with E-state index in [1.165, 1.54) is 4.88 Å². The number of nitrogens with zero attached hydrogens (tertiary/aromatic N) is 3. The Kier molecular flexibility index (Phi) is 4.06. The van der Waals surface area contributed by atoms with Gasteiger partial charge in [-0.05, 0) is 48.7 Å². The Morgan fingerprint density at radius 2 is 2.11 bits per heavy atom. The summed E-state index contributed by atoms with van der Waals surface area (Å²) in [6.45, 7) is 2.62. The van der Waals surface area contributed by atoms with Crippen molar-refractivity contribution >= 4 is 39.7 Å². The second kappa shape index (κ2) is 6.58. The summed E-state index contributed by atoms with van der Waals surface area (Å²) in [5.74, 6) is 0.0300. The van der Waals surface area contributed by atoms with Crippen LogP contribution in [0.2, 0.25) is 0 Å². The highest BCUT2D eigenvalue weighted by Gasteiger charge is 2.33. The van der Waals surface area contributed by atoms with E-state index in [9.17, 15) is 4.79 Å². The number of carbonyl (C=O) groups excluding carboxylic acids is 1. The maximum Gasteiger partial charge on any atom is 0.259 e. The lowest BCUT2D eigenvalue weighted by atomic mass is 10.1. The normalized spacial score (nSPS) is 17.1. The molecule has 0 radical (unpaired) electrons. The molecule has 5 rings (SSSR count). The van der Waals surface area contributed by atoms with Crippen LogP contribution in [-0.2, 0) is 0 Å². The summed E-state index contributed by atoms with van der Waals surface area (Å²) < 4.78 is 5.41. The molecule has 0 spiro atoms. The van der Waals surface area contributed by atoms with Gasteiger partial charge in [-0.2, -0.15) is 0 Å². The van der Waals surface area contributed by atoms with Crippen LogP contribution in [-0.4, -0.2) is 27.5 Å². The Morgan fingerprint density at radius 1 is 1.26 bits per heavy atom. The van der Waals surface area contributed by atoms with Gasteiger partial charge >= 0.3 is 0 Å². The highest BCUT2D eigenvalue weighted by Crippen LogP contribution is 2.37. The molecule has 5 nitrogen and oxygen atoms in total.